The van der Waals surface area contributed by atoms with Crippen molar-refractivity contribution >= 4 is 11.9 Å². The van der Waals surface area contributed by atoms with E-state index in [1.807, 2.05) is 0 Å². The van der Waals surface area contributed by atoms with Crippen molar-refractivity contribution in [3.8, 4) is 0 Å². The number of esters is 1. The number of likely N-dealkylation sites (tertiary alicyclic amines) is 1. The van der Waals surface area contributed by atoms with E-state index < -0.39 is 17.5 Å². The molecule has 0 radical (unpaired) electrons. The van der Waals surface area contributed by atoms with Gasteiger partial charge >= 0.3 is 5.97 Å². The first kappa shape index (κ1) is 19.1. The average molecular weight is 324 g/mol. The number of carbonyl (C=O) groups is 2. The van der Waals surface area contributed by atoms with E-state index in [0.717, 1.165) is 6.42 Å². The van der Waals surface area contributed by atoms with Crippen molar-refractivity contribution in [2.45, 2.75) is 59.0 Å². The first-order valence-electron chi connectivity index (χ1n) is 7.97. The molecule has 0 spiro atoms. The number of ether oxygens (including phenoxy) is 2. The van der Waals surface area contributed by atoms with Gasteiger partial charge in [0.25, 0.3) is 0 Å². The minimum absolute atomic E-state index is 0.126. The van der Waals surface area contributed by atoms with E-state index in [-0.39, 0.29) is 12.3 Å². The van der Waals surface area contributed by atoms with Gasteiger partial charge in [-0.1, -0.05) is 13.0 Å². The second kappa shape index (κ2) is 8.60. The summed E-state index contributed by atoms with van der Waals surface area (Å²) in [6, 6.07) is 0. The van der Waals surface area contributed by atoms with Gasteiger partial charge in [-0.15, -0.1) is 0 Å². The number of hydrogen-bond acceptors (Lipinski definition) is 5. The molecule has 130 valence electrons. The molecule has 1 rings (SSSR count). The zero-order valence-corrected chi connectivity index (χ0v) is 14.4. The molecule has 0 N–H and O–H groups in total. The summed E-state index contributed by atoms with van der Waals surface area (Å²) >= 11 is 0. The summed E-state index contributed by atoms with van der Waals surface area (Å²) in [6.07, 6.45) is 4.95. The molecule has 0 aliphatic carbocycles. The van der Waals surface area contributed by atoms with Crippen molar-refractivity contribution in [2.75, 3.05) is 13.2 Å². The first-order chi connectivity index (χ1) is 10.7. The van der Waals surface area contributed by atoms with Gasteiger partial charge in [-0.2, -0.15) is 0 Å². The predicted molar refractivity (Wildman–Crippen MR) is 83.8 cm³/mol. The van der Waals surface area contributed by atoms with E-state index in [1.54, 1.807) is 33.8 Å². The van der Waals surface area contributed by atoms with Gasteiger partial charge in [0.15, 0.2) is 0 Å². The molecular weight excluding hydrogens is 298 g/mol. The lowest BCUT2D eigenvalue weighted by Gasteiger charge is -2.23. The van der Waals surface area contributed by atoms with Crippen LogP contribution in [0.25, 0.3) is 0 Å². The molecule has 1 amide bonds. The fourth-order valence-corrected chi connectivity index (χ4v) is 2.23. The Labute approximate surface area is 137 Å². The number of rotatable bonds is 6. The maximum atomic E-state index is 12.2. The molecule has 6 nitrogen and oxygen atoms in total. The maximum absolute atomic E-state index is 12.2. The standard InChI is InChI=1S/C17H27NO5/c1-5-22-16(21)13-9-8-12-18(13)14(19)10-6-7-11-15(20)23-17(2,3)4/h7,11,21H,5-6,8-10,12H2,1-4H3/p-1/b11-7+,16-13+. The molecule has 0 aromatic carbocycles. The predicted octanol–water partition coefficient (Wildman–Crippen LogP) is 1.85. The summed E-state index contributed by atoms with van der Waals surface area (Å²) in [5, 5.41) is 11.8. The molecule has 1 aliphatic heterocycles. The number of amides is 1. The number of allylic oxidation sites excluding steroid dienone is 2. The summed E-state index contributed by atoms with van der Waals surface area (Å²) in [5.74, 6) is -0.966. The Kier molecular flexibility index (Phi) is 7.13. The van der Waals surface area contributed by atoms with E-state index in [0.29, 0.717) is 31.7 Å². The lowest BCUT2D eigenvalue weighted by Crippen LogP contribution is -2.29. The highest BCUT2D eigenvalue weighted by Gasteiger charge is 2.24. The van der Waals surface area contributed by atoms with Crippen LogP contribution in [0.3, 0.4) is 0 Å². The summed E-state index contributed by atoms with van der Waals surface area (Å²) in [5.41, 5.74) is -0.0935. The van der Waals surface area contributed by atoms with Gasteiger partial charge in [-0.25, -0.2) is 4.79 Å². The summed E-state index contributed by atoms with van der Waals surface area (Å²) in [6.45, 7) is 7.96. The van der Waals surface area contributed by atoms with Crippen LogP contribution in [0.2, 0.25) is 0 Å². The maximum Gasteiger partial charge on any atom is 0.330 e. The third-order valence-electron chi connectivity index (χ3n) is 3.12. The van der Waals surface area contributed by atoms with Crippen molar-refractivity contribution in [2.24, 2.45) is 0 Å². The molecule has 1 saturated heterocycles. The van der Waals surface area contributed by atoms with Gasteiger partial charge < -0.3 is 19.5 Å². The second-order valence-electron chi connectivity index (χ2n) is 6.29. The Morgan fingerprint density at radius 1 is 1.35 bits per heavy atom. The van der Waals surface area contributed by atoms with Gasteiger partial charge in [-0.05, 0) is 46.6 Å². The van der Waals surface area contributed by atoms with E-state index in [1.165, 1.54) is 11.0 Å². The summed E-state index contributed by atoms with van der Waals surface area (Å²) in [7, 11) is 0. The van der Waals surface area contributed by atoms with Crippen LogP contribution in [0.1, 0.15) is 53.4 Å². The van der Waals surface area contributed by atoms with Gasteiger partial charge in [0.05, 0.1) is 5.95 Å². The zero-order chi connectivity index (χ0) is 17.5. The topological polar surface area (TPSA) is 78.9 Å². The van der Waals surface area contributed by atoms with Crippen LogP contribution in [-0.4, -0.2) is 35.5 Å². The molecule has 0 bridgehead atoms. The van der Waals surface area contributed by atoms with Crippen LogP contribution >= 0.6 is 0 Å². The van der Waals surface area contributed by atoms with Gasteiger partial charge in [0.2, 0.25) is 5.91 Å². The molecule has 0 saturated carbocycles. The van der Waals surface area contributed by atoms with Gasteiger partial charge in [-0.3, -0.25) is 4.79 Å². The highest BCUT2D eigenvalue weighted by molar-refractivity contribution is 5.82. The second-order valence-corrected chi connectivity index (χ2v) is 6.29. The highest BCUT2D eigenvalue weighted by atomic mass is 16.6. The van der Waals surface area contributed by atoms with Crippen LogP contribution < -0.4 is 5.11 Å². The zero-order valence-electron chi connectivity index (χ0n) is 14.4. The fraction of sp³-hybridized carbons (Fsp3) is 0.647. The van der Waals surface area contributed by atoms with E-state index >= 15 is 0 Å². The van der Waals surface area contributed by atoms with Crippen molar-refractivity contribution in [3.63, 3.8) is 0 Å². The van der Waals surface area contributed by atoms with Crippen LogP contribution in [0, 0.1) is 0 Å². The largest absolute Gasteiger partial charge is 0.612 e. The number of carbonyl (C=O) groups excluding carboxylic acids is 2. The quantitative estimate of drug-likeness (QED) is 0.423. The molecule has 0 unspecified atom stereocenters. The lowest BCUT2D eigenvalue weighted by molar-refractivity contribution is -0.360. The van der Waals surface area contributed by atoms with E-state index in [4.69, 9.17) is 9.47 Å². The van der Waals surface area contributed by atoms with Crippen LogP contribution in [0.5, 0.6) is 0 Å². The number of hydrogen-bond donors (Lipinski definition) is 0. The number of nitrogens with zero attached hydrogens (tertiary/aromatic N) is 1. The molecule has 1 fully saturated rings. The van der Waals surface area contributed by atoms with Crippen LogP contribution in [0.15, 0.2) is 23.8 Å². The van der Waals surface area contributed by atoms with Crippen LogP contribution in [0.4, 0.5) is 0 Å². The SMILES string of the molecule is CCO/C([O-])=C1\CCCN1C(=O)CC/C=C/C(=O)OC(C)(C)C. The minimum Gasteiger partial charge on any atom is -0.612 e. The smallest absolute Gasteiger partial charge is 0.330 e. The van der Waals surface area contributed by atoms with Crippen molar-refractivity contribution in [1.29, 1.82) is 0 Å². The molecule has 1 aliphatic rings. The molecule has 23 heavy (non-hydrogen) atoms. The third kappa shape index (κ3) is 6.76. The van der Waals surface area contributed by atoms with Crippen molar-refractivity contribution < 1.29 is 24.2 Å². The third-order valence-corrected chi connectivity index (χ3v) is 3.12. The summed E-state index contributed by atoms with van der Waals surface area (Å²) in [4.78, 5) is 25.2. The Morgan fingerprint density at radius 3 is 2.65 bits per heavy atom. The molecular formula is C17H26NO5-. The molecule has 0 atom stereocenters. The highest BCUT2D eigenvalue weighted by Crippen LogP contribution is 2.24. The summed E-state index contributed by atoms with van der Waals surface area (Å²) < 4.78 is 10.1. The lowest BCUT2D eigenvalue weighted by atomic mass is 10.2. The minimum atomic E-state index is -0.531. The normalized spacial score (nSPS) is 17.5. The molecule has 0 aromatic heterocycles. The van der Waals surface area contributed by atoms with Gasteiger partial charge in [0, 0.05) is 24.7 Å². The molecule has 0 aromatic rings. The Balaban J connectivity index is 2.48. The van der Waals surface area contributed by atoms with E-state index in [2.05, 4.69) is 0 Å². The van der Waals surface area contributed by atoms with Crippen LogP contribution in [-0.2, 0) is 19.1 Å². The fourth-order valence-electron chi connectivity index (χ4n) is 2.23. The molecule has 1 heterocycles. The molecule has 6 heteroatoms. The van der Waals surface area contributed by atoms with Crippen molar-refractivity contribution in [1.82, 2.24) is 4.90 Å². The Morgan fingerprint density at radius 2 is 2.04 bits per heavy atom. The average Bonchev–Trinajstić information content (AvgIpc) is 2.91. The first-order valence-corrected chi connectivity index (χ1v) is 7.97. The monoisotopic (exact) mass is 324 g/mol. The van der Waals surface area contributed by atoms with E-state index in [9.17, 15) is 14.7 Å². The van der Waals surface area contributed by atoms with Gasteiger partial charge in [0.1, 0.15) is 5.60 Å². The Hall–Kier alpha value is -1.98. The van der Waals surface area contributed by atoms with Crippen molar-refractivity contribution in [3.05, 3.63) is 23.8 Å². The Bertz CT molecular complexity index is 488.